The van der Waals surface area contributed by atoms with Crippen molar-refractivity contribution in [1.82, 2.24) is 0 Å². The molecule has 0 amide bonds. The van der Waals surface area contributed by atoms with E-state index in [0.717, 1.165) is 38.5 Å². The number of ether oxygens (including phenoxy) is 3. The van der Waals surface area contributed by atoms with E-state index >= 15 is 0 Å². The molecule has 1 aromatic rings. The molecule has 34 heavy (non-hydrogen) atoms. The highest BCUT2D eigenvalue weighted by molar-refractivity contribution is 6.17. The third kappa shape index (κ3) is 9.85. The molecule has 7 nitrogen and oxygen atoms in total. The third-order valence-corrected chi connectivity index (χ3v) is 6.23. The Hall–Kier alpha value is -2.38. The Balaban J connectivity index is 3.03. The van der Waals surface area contributed by atoms with E-state index in [1.165, 1.54) is 6.08 Å². The van der Waals surface area contributed by atoms with Crippen LogP contribution in [0.3, 0.4) is 0 Å². The highest BCUT2D eigenvalue weighted by Crippen LogP contribution is 2.19. The Morgan fingerprint density at radius 3 is 1.62 bits per heavy atom. The average molecular weight is 477 g/mol. The van der Waals surface area contributed by atoms with Crippen LogP contribution in [0.4, 0.5) is 0 Å². The third-order valence-electron chi connectivity index (χ3n) is 6.23. The monoisotopic (exact) mass is 476 g/mol. The molecular weight excluding hydrogens is 432 g/mol. The first kappa shape index (κ1) is 29.7. The summed E-state index contributed by atoms with van der Waals surface area (Å²) < 4.78 is 16.3. The minimum atomic E-state index is -0.714. The molecular formula is C27H44N2O5. The van der Waals surface area contributed by atoms with Crippen molar-refractivity contribution in [2.45, 2.75) is 78.3 Å². The molecule has 0 bridgehead atoms. The smallest absolute Gasteiger partial charge is 0.345 e. The van der Waals surface area contributed by atoms with Crippen molar-refractivity contribution >= 4 is 18.0 Å². The van der Waals surface area contributed by atoms with Crippen LogP contribution in [0.1, 0.15) is 71.8 Å². The first-order valence-corrected chi connectivity index (χ1v) is 12.5. The summed E-state index contributed by atoms with van der Waals surface area (Å²) >= 11 is 0. The lowest BCUT2D eigenvalue weighted by molar-refractivity contribution is -0.148. The predicted octanol–water partition coefficient (Wildman–Crippen LogP) is 4.47. The molecule has 0 saturated heterocycles. The normalized spacial score (nSPS) is 14.4. The molecule has 192 valence electrons. The van der Waals surface area contributed by atoms with Gasteiger partial charge in [-0.25, -0.2) is 9.59 Å². The van der Waals surface area contributed by atoms with Crippen molar-refractivity contribution in [3.63, 3.8) is 0 Å². The molecule has 4 unspecified atom stereocenters. The molecule has 0 aromatic heterocycles. The van der Waals surface area contributed by atoms with Gasteiger partial charge in [0.15, 0.2) is 0 Å². The zero-order valence-corrected chi connectivity index (χ0v) is 21.5. The van der Waals surface area contributed by atoms with Crippen LogP contribution in [0.25, 0.3) is 6.08 Å². The van der Waals surface area contributed by atoms with E-state index in [-0.39, 0.29) is 42.7 Å². The number of methoxy groups -OCH3 is 1. The van der Waals surface area contributed by atoms with Crippen LogP contribution in [0.5, 0.6) is 5.75 Å². The van der Waals surface area contributed by atoms with Crippen molar-refractivity contribution in [1.29, 1.82) is 0 Å². The first-order valence-electron chi connectivity index (χ1n) is 12.5. The fourth-order valence-electron chi connectivity index (χ4n) is 3.82. The van der Waals surface area contributed by atoms with E-state index in [1.807, 2.05) is 13.8 Å². The van der Waals surface area contributed by atoms with Crippen LogP contribution >= 0.6 is 0 Å². The number of esters is 2. The second-order valence-electron chi connectivity index (χ2n) is 8.77. The number of nitrogens with two attached hydrogens (primary N) is 2. The Bertz CT molecular complexity index is 725. The van der Waals surface area contributed by atoms with Gasteiger partial charge < -0.3 is 25.7 Å². The molecule has 7 heteroatoms. The standard InChI is InChI=1S/C27H44N2O5/c1-6-10-24(28)20(8-3)17-33-26(30)23(16-19-12-14-22(32-5)15-13-19)27(31)34-18-21(9-4)25(29)11-7-2/h12-16,20-21,24-25H,6-11,17-18,28-29H2,1-5H3. The number of hydrogen-bond acceptors (Lipinski definition) is 7. The van der Waals surface area contributed by atoms with Crippen molar-refractivity contribution < 1.29 is 23.8 Å². The molecule has 1 aromatic carbocycles. The van der Waals surface area contributed by atoms with Gasteiger partial charge in [0.2, 0.25) is 0 Å². The molecule has 0 aliphatic rings. The summed E-state index contributed by atoms with van der Waals surface area (Å²) in [5.41, 5.74) is 13.0. The summed E-state index contributed by atoms with van der Waals surface area (Å²) in [6.07, 6.45) is 6.67. The summed E-state index contributed by atoms with van der Waals surface area (Å²) in [6, 6.07) is 6.92. The molecule has 1 rings (SSSR count). The topological polar surface area (TPSA) is 114 Å². The van der Waals surface area contributed by atoms with E-state index in [1.54, 1.807) is 31.4 Å². The van der Waals surface area contributed by atoms with Crippen molar-refractivity contribution in [3.05, 3.63) is 35.4 Å². The van der Waals surface area contributed by atoms with E-state index in [0.29, 0.717) is 11.3 Å². The summed E-state index contributed by atoms with van der Waals surface area (Å²) in [6.45, 7) is 8.48. The Kier molecular flexibility index (Phi) is 14.2. The van der Waals surface area contributed by atoms with Gasteiger partial charge in [0.1, 0.15) is 11.3 Å². The van der Waals surface area contributed by atoms with E-state index < -0.39 is 11.9 Å². The predicted molar refractivity (Wildman–Crippen MR) is 136 cm³/mol. The van der Waals surface area contributed by atoms with Crippen LogP contribution in [0, 0.1) is 11.8 Å². The average Bonchev–Trinajstić information content (AvgIpc) is 2.83. The zero-order chi connectivity index (χ0) is 25.5. The van der Waals surface area contributed by atoms with Gasteiger partial charge in [-0.15, -0.1) is 0 Å². The number of rotatable bonds is 16. The highest BCUT2D eigenvalue weighted by atomic mass is 16.6. The van der Waals surface area contributed by atoms with Gasteiger partial charge in [0.05, 0.1) is 20.3 Å². The van der Waals surface area contributed by atoms with Gasteiger partial charge in [-0.2, -0.15) is 0 Å². The summed E-state index contributed by atoms with van der Waals surface area (Å²) in [4.78, 5) is 26.0. The first-order chi connectivity index (χ1) is 16.3. The largest absolute Gasteiger partial charge is 0.497 e. The lowest BCUT2D eigenvalue weighted by Gasteiger charge is -2.23. The maximum Gasteiger partial charge on any atom is 0.345 e. The van der Waals surface area contributed by atoms with Crippen LogP contribution in [-0.2, 0) is 19.1 Å². The quantitative estimate of drug-likeness (QED) is 0.157. The summed E-state index contributed by atoms with van der Waals surface area (Å²) in [5.74, 6) is -0.699. The van der Waals surface area contributed by atoms with Gasteiger partial charge in [-0.05, 0) is 49.5 Å². The molecule has 0 fully saturated rings. The Labute approximate surface area is 205 Å². The molecule has 0 radical (unpaired) electrons. The van der Waals surface area contributed by atoms with Gasteiger partial charge in [-0.3, -0.25) is 0 Å². The van der Waals surface area contributed by atoms with E-state index in [2.05, 4.69) is 13.8 Å². The number of carbonyl (C=O) groups is 2. The molecule has 4 N–H and O–H groups in total. The van der Waals surface area contributed by atoms with Gasteiger partial charge in [0.25, 0.3) is 0 Å². The van der Waals surface area contributed by atoms with E-state index in [9.17, 15) is 9.59 Å². The second kappa shape index (κ2) is 16.3. The number of carbonyl (C=O) groups excluding carboxylic acids is 2. The Morgan fingerprint density at radius 1 is 0.824 bits per heavy atom. The van der Waals surface area contributed by atoms with Crippen molar-refractivity contribution in [3.8, 4) is 5.75 Å². The molecule has 0 aliphatic heterocycles. The molecule has 4 atom stereocenters. The number of hydrogen-bond donors (Lipinski definition) is 2. The van der Waals surface area contributed by atoms with E-state index in [4.69, 9.17) is 25.7 Å². The van der Waals surface area contributed by atoms with Gasteiger partial charge in [-0.1, -0.05) is 52.7 Å². The fraction of sp³-hybridized carbons (Fsp3) is 0.630. The minimum absolute atomic E-state index is 0.0265. The van der Waals surface area contributed by atoms with Crippen LogP contribution in [0.15, 0.2) is 29.8 Å². The van der Waals surface area contributed by atoms with Crippen molar-refractivity contribution in [2.75, 3.05) is 20.3 Å². The zero-order valence-electron chi connectivity index (χ0n) is 21.5. The maximum atomic E-state index is 13.0. The number of benzene rings is 1. The van der Waals surface area contributed by atoms with Crippen LogP contribution in [0.2, 0.25) is 0 Å². The van der Waals surface area contributed by atoms with Gasteiger partial charge >= 0.3 is 11.9 Å². The summed E-state index contributed by atoms with van der Waals surface area (Å²) in [7, 11) is 1.58. The second-order valence-corrected chi connectivity index (χ2v) is 8.77. The Morgan fingerprint density at radius 2 is 1.26 bits per heavy atom. The van der Waals surface area contributed by atoms with Gasteiger partial charge in [0, 0.05) is 23.9 Å². The molecule has 0 aliphatic carbocycles. The maximum absolute atomic E-state index is 13.0. The molecule has 0 heterocycles. The van der Waals surface area contributed by atoms with Crippen LogP contribution < -0.4 is 16.2 Å². The van der Waals surface area contributed by atoms with Crippen molar-refractivity contribution in [2.24, 2.45) is 23.3 Å². The fourth-order valence-corrected chi connectivity index (χ4v) is 3.82. The molecule has 0 saturated carbocycles. The SMILES string of the molecule is CCCC(N)C(CC)COC(=O)C(=Cc1ccc(OC)cc1)C(=O)OCC(CC)C(N)CCC. The lowest BCUT2D eigenvalue weighted by atomic mass is 9.95. The summed E-state index contributed by atoms with van der Waals surface area (Å²) in [5, 5.41) is 0. The molecule has 0 spiro atoms. The van der Waals surface area contributed by atoms with Crippen LogP contribution in [-0.4, -0.2) is 44.3 Å². The minimum Gasteiger partial charge on any atom is -0.497 e. The lowest BCUT2D eigenvalue weighted by Crippen LogP contribution is -2.35. The highest BCUT2D eigenvalue weighted by Gasteiger charge is 2.26.